The first-order valence-electron chi connectivity index (χ1n) is 18.6. The van der Waals surface area contributed by atoms with E-state index in [1.165, 1.54) is 75.8 Å². The van der Waals surface area contributed by atoms with Gasteiger partial charge in [0, 0.05) is 11.1 Å². The number of nitrogens with zero attached hydrogens (tertiary/aromatic N) is 2. The molecule has 0 atom stereocenters. The molecule has 12 aromatic rings. The van der Waals surface area contributed by atoms with Gasteiger partial charge in [0.25, 0.3) is 0 Å². The van der Waals surface area contributed by atoms with E-state index in [0.29, 0.717) is 0 Å². The molecule has 0 aliphatic carbocycles. The summed E-state index contributed by atoms with van der Waals surface area (Å²) in [5, 5.41) is 15.3. The minimum absolute atomic E-state index is 0.871. The van der Waals surface area contributed by atoms with Crippen molar-refractivity contribution in [1.29, 1.82) is 0 Å². The first-order chi connectivity index (χ1) is 26.8. The minimum atomic E-state index is 0.871. The van der Waals surface area contributed by atoms with Crippen molar-refractivity contribution >= 4 is 75.7 Å². The molecule has 0 radical (unpaired) electrons. The van der Waals surface area contributed by atoms with Crippen LogP contribution in [0.15, 0.2) is 182 Å². The Hall–Kier alpha value is -7.16. The fourth-order valence-corrected chi connectivity index (χ4v) is 9.08. The molecule has 1 aromatic heterocycles. The van der Waals surface area contributed by atoms with Crippen LogP contribution in [0.2, 0.25) is 0 Å². The second-order valence-corrected chi connectivity index (χ2v) is 14.5. The highest BCUT2D eigenvalue weighted by Gasteiger charge is 2.21. The van der Waals surface area contributed by atoms with Crippen LogP contribution in [0.4, 0.5) is 0 Å². The number of benzene rings is 11. The number of hydrogen-bond acceptors (Lipinski definition) is 2. The summed E-state index contributed by atoms with van der Waals surface area (Å²) in [7, 11) is 0. The van der Waals surface area contributed by atoms with Crippen LogP contribution in [0.25, 0.3) is 120 Å². The van der Waals surface area contributed by atoms with Gasteiger partial charge in [-0.05, 0) is 99.0 Å². The number of hydrogen-bond donors (Lipinski definition) is 0. The Kier molecular flexibility index (Phi) is 6.09. The molecule has 12 rings (SSSR count). The highest BCUT2D eigenvalue weighted by atomic mass is 14.8. The maximum atomic E-state index is 5.47. The van der Waals surface area contributed by atoms with Crippen LogP contribution in [-0.2, 0) is 0 Å². The van der Waals surface area contributed by atoms with E-state index in [1.54, 1.807) is 0 Å². The Labute approximate surface area is 311 Å². The summed E-state index contributed by atoms with van der Waals surface area (Å²) in [4.78, 5) is 10.9. The smallest absolute Gasteiger partial charge is 0.0973 e. The van der Waals surface area contributed by atoms with Crippen LogP contribution >= 0.6 is 0 Å². The summed E-state index contributed by atoms with van der Waals surface area (Å²) >= 11 is 0. The van der Waals surface area contributed by atoms with Gasteiger partial charge in [-0.1, -0.05) is 170 Å². The Morgan fingerprint density at radius 2 is 0.611 bits per heavy atom. The van der Waals surface area contributed by atoms with Gasteiger partial charge in [0.1, 0.15) is 0 Å². The van der Waals surface area contributed by atoms with Crippen LogP contribution in [0, 0.1) is 0 Å². The van der Waals surface area contributed by atoms with Crippen molar-refractivity contribution < 1.29 is 0 Å². The van der Waals surface area contributed by atoms with Gasteiger partial charge in [-0.15, -0.1) is 0 Å². The van der Waals surface area contributed by atoms with Crippen molar-refractivity contribution in [3.05, 3.63) is 182 Å². The van der Waals surface area contributed by atoms with Gasteiger partial charge in [0.15, 0.2) is 0 Å². The average Bonchev–Trinajstić information content (AvgIpc) is 3.24. The summed E-state index contributed by atoms with van der Waals surface area (Å²) < 4.78 is 0. The van der Waals surface area contributed by atoms with Crippen molar-refractivity contribution in [3.63, 3.8) is 0 Å². The molecule has 0 aliphatic heterocycles. The van der Waals surface area contributed by atoms with Crippen LogP contribution in [0.3, 0.4) is 0 Å². The molecule has 0 fully saturated rings. The minimum Gasteiger partial charge on any atom is -0.244 e. The van der Waals surface area contributed by atoms with E-state index in [0.717, 1.165) is 44.7 Å². The highest BCUT2D eigenvalue weighted by molar-refractivity contribution is 6.28. The third-order valence-corrected chi connectivity index (χ3v) is 11.5. The van der Waals surface area contributed by atoms with Gasteiger partial charge in [-0.25, -0.2) is 9.97 Å². The van der Waals surface area contributed by atoms with E-state index >= 15 is 0 Å². The Morgan fingerprint density at radius 3 is 1.02 bits per heavy atom. The Morgan fingerprint density at radius 1 is 0.259 bits per heavy atom. The summed E-state index contributed by atoms with van der Waals surface area (Å²) in [6.07, 6.45) is 0. The van der Waals surface area contributed by atoms with Gasteiger partial charge in [0.05, 0.1) is 22.4 Å². The lowest BCUT2D eigenvalue weighted by molar-refractivity contribution is 1.29. The van der Waals surface area contributed by atoms with Gasteiger partial charge in [-0.2, -0.15) is 0 Å². The average molecular weight is 683 g/mol. The molecule has 0 saturated carbocycles. The molecular weight excluding hydrogens is 653 g/mol. The van der Waals surface area contributed by atoms with E-state index in [2.05, 4.69) is 182 Å². The fraction of sp³-hybridized carbons (Fsp3) is 0. The van der Waals surface area contributed by atoms with E-state index in [-0.39, 0.29) is 0 Å². The van der Waals surface area contributed by atoms with Crippen molar-refractivity contribution in [2.24, 2.45) is 0 Å². The first-order valence-corrected chi connectivity index (χ1v) is 18.6. The maximum absolute atomic E-state index is 5.47. The van der Waals surface area contributed by atoms with E-state index in [9.17, 15) is 0 Å². The zero-order valence-electron chi connectivity index (χ0n) is 29.2. The Balaban J connectivity index is 1.22. The first kappa shape index (κ1) is 29.4. The lowest BCUT2D eigenvalue weighted by Gasteiger charge is -2.20. The predicted octanol–water partition coefficient (Wildman–Crippen LogP) is 14.1. The number of aromatic nitrogens is 2. The van der Waals surface area contributed by atoms with Crippen LogP contribution in [-0.4, -0.2) is 9.97 Å². The lowest BCUT2D eigenvalue weighted by atomic mass is 9.84. The lowest BCUT2D eigenvalue weighted by Crippen LogP contribution is -1.98. The molecule has 0 aliphatic rings. The van der Waals surface area contributed by atoms with Gasteiger partial charge < -0.3 is 0 Å². The monoisotopic (exact) mass is 682 g/mol. The molecule has 2 nitrogen and oxygen atoms in total. The fourth-order valence-electron chi connectivity index (χ4n) is 9.08. The molecule has 0 unspecified atom stereocenters. The zero-order valence-corrected chi connectivity index (χ0v) is 29.2. The SMILES string of the molecule is c1ccc(-c2nc3cc(-c4ccc5ccc6cccc7ccc4c5c67)c(-c4ccc5ccc6cccc7ccc4c5c67)cc3nc2-c2ccccc2)cc1. The zero-order chi connectivity index (χ0) is 35.3. The molecular formula is C52H30N2. The summed E-state index contributed by atoms with van der Waals surface area (Å²) in [5.74, 6) is 0. The van der Waals surface area contributed by atoms with Gasteiger partial charge >= 0.3 is 0 Å². The largest absolute Gasteiger partial charge is 0.244 e. The quantitative estimate of drug-likeness (QED) is 0.173. The van der Waals surface area contributed by atoms with Crippen LogP contribution in [0.5, 0.6) is 0 Å². The van der Waals surface area contributed by atoms with Gasteiger partial charge in [0.2, 0.25) is 0 Å². The predicted molar refractivity (Wildman–Crippen MR) is 229 cm³/mol. The maximum Gasteiger partial charge on any atom is 0.0973 e. The molecule has 0 bridgehead atoms. The summed E-state index contributed by atoms with van der Waals surface area (Å²) in [5.41, 5.74) is 10.3. The van der Waals surface area contributed by atoms with Crippen molar-refractivity contribution in [2.45, 2.75) is 0 Å². The second-order valence-electron chi connectivity index (χ2n) is 14.5. The Bertz CT molecular complexity index is 3160. The molecule has 248 valence electrons. The molecule has 2 heteroatoms. The number of fused-ring (bicyclic) bond motifs is 1. The van der Waals surface area contributed by atoms with E-state index < -0.39 is 0 Å². The third-order valence-electron chi connectivity index (χ3n) is 11.5. The molecule has 0 N–H and O–H groups in total. The van der Waals surface area contributed by atoms with Crippen LogP contribution in [0.1, 0.15) is 0 Å². The van der Waals surface area contributed by atoms with Crippen molar-refractivity contribution in [1.82, 2.24) is 9.97 Å². The van der Waals surface area contributed by atoms with E-state index in [1.807, 2.05) is 0 Å². The molecule has 0 amide bonds. The van der Waals surface area contributed by atoms with Crippen LogP contribution < -0.4 is 0 Å². The second kappa shape index (κ2) is 11.2. The van der Waals surface area contributed by atoms with E-state index in [4.69, 9.17) is 9.97 Å². The number of rotatable bonds is 4. The highest BCUT2D eigenvalue weighted by Crippen LogP contribution is 2.46. The molecule has 54 heavy (non-hydrogen) atoms. The third kappa shape index (κ3) is 4.22. The molecule has 0 saturated heterocycles. The topological polar surface area (TPSA) is 25.8 Å². The summed E-state index contributed by atoms with van der Waals surface area (Å²) in [6.45, 7) is 0. The van der Waals surface area contributed by atoms with Gasteiger partial charge in [-0.3, -0.25) is 0 Å². The van der Waals surface area contributed by atoms with Crippen molar-refractivity contribution in [3.8, 4) is 44.8 Å². The molecule has 11 aromatic carbocycles. The summed E-state index contributed by atoms with van der Waals surface area (Å²) in [6, 6.07) is 66.2. The standard InChI is InChI=1S/C52H30N2/c1-3-9-37(10-4-1)51-52(38-11-5-2-6-12-38)54-46-30-44(40-26-22-36-20-18-32-14-8-16-34-24-28-42(40)50(36)48(32)34)43(29-45(46)53-51)39-25-21-35-19-17-31-13-7-15-33-23-27-41(39)49(35)47(31)33/h1-30H. The molecule has 0 spiro atoms. The molecule has 1 heterocycles. The van der Waals surface area contributed by atoms with Crippen molar-refractivity contribution in [2.75, 3.05) is 0 Å². The normalized spacial score (nSPS) is 12.1.